The number of hydrogen-bond donors (Lipinski definition) is 2. The number of nitrogens with two attached hydrogens (primary N) is 1. The molecule has 0 saturated heterocycles. The number of rotatable bonds is 5. The van der Waals surface area contributed by atoms with Crippen LogP contribution in [0.1, 0.15) is 39.0 Å². The molecule has 134 valence electrons. The molecule has 2 fully saturated rings. The zero-order valence-electron chi connectivity index (χ0n) is 14.3. The minimum atomic E-state index is 0. The second-order valence-corrected chi connectivity index (χ2v) is 8.70. The molecular weight excluding hydrogens is 340 g/mol. The van der Waals surface area contributed by atoms with Crippen LogP contribution in [0.25, 0.3) is 0 Å². The fraction of sp³-hybridized carbons (Fsp3) is 0.632. The first kappa shape index (κ1) is 19.6. The maximum atomic E-state index is 12.5. The van der Waals surface area contributed by atoms with E-state index >= 15 is 0 Å². The average Bonchev–Trinajstić information content (AvgIpc) is 2.53. The van der Waals surface area contributed by atoms with Crippen molar-refractivity contribution < 1.29 is 4.79 Å². The standard InChI is InChI=1S/C19H28N2OS.ClH/c1-13(23-17-8-3-2-4-9-17)12-21-19(22)16-10-14-6-5-7-15(11-16)18(14)20;/h2-4,8-9,13-16,18H,5-7,10-12,20H2,1H3,(H,21,22);1H. The van der Waals surface area contributed by atoms with E-state index in [9.17, 15) is 4.79 Å². The molecule has 0 aliphatic heterocycles. The molecule has 1 aromatic rings. The van der Waals surface area contributed by atoms with Gasteiger partial charge in [-0.25, -0.2) is 0 Å². The van der Waals surface area contributed by atoms with Gasteiger partial charge in [0.2, 0.25) is 5.91 Å². The van der Waals surface area contributed by atoms with Crippen LogP contribution in [-0.2, 0) is 4.79 Å². The molecule has 3 N–H and O–H groups in total. The molecule has 3 atom stereocenters. The van der Waals surface area contributed by atoms with Crippen molar-refractivity contribution in [2.45, 2.75) is 55.2 Å². The Hall–Kier alpha value is -0.710. The summed E-state index contributed by atoms with van der Waals surface area (Å²) in [5, 5.41) is 3.56. The molecule has 1 amide bonds. The Bertz CT molecular complexity index is 513. The van der Waals surface area contributed by atoms with Gasteiger partial charge in [0.25, 0.3) is 0 Å². The summed E-state index contributed by atoms with van der Waals surface area (Å²) in [5.41, 5.74) is 6.32. The third kappa shape index (κ3) is 4.90. The van der Waals surface area contributed by atoms with E-state index in [1.165, 1.54) is 24.2 Å². The molecule has 24 heavy (non-hydrogen) atoms. The lowest BCUT2D eigenvalue weighted by molar-refractivity contribution is -0.127. The van der Waals surface area contributed by atoms with Crippen LogP contribution in [0.5, 0.6) is 0 Å². The van der Waals surface area contributed by atoms with Crippen LogP contribution in [0.3, 0.4) is 0 Å². The van der Waals surface area contributed by atoms with Crippen molar-refractivity contribution in [2.24, 2.45) is 23.5 Å². The second-order valence-electron chi connectivity index (χ2n) is 7.18. The highest BCUT2D eigenvalue weighted by Gasteiger charge is 2.40. The Morgan fingerprint density at radius 3 is 2.50 bits per heavy atom. The lowest BCUT2D eigenvalue weighted by atomic mass is 9.65. The summed E-state index contributed by atoms with van der Waals surface area (Å²) in [4.78, 5) is 13.8. The summed E-state index contributed by atoms with van der Waals surface area (Å²) in [6.07, 6.45) is 5.69. The van der Waals surface area contributed by atoms with Crippen LogP contribution in [0.4, 0.5) is 0 Å². The normalized spacial score (nSPS) is 30.1. The van der Waals surface area contributed by atoms with Crippen LogP contribution in [0.2, 0.25) is 0 Å². The summed E-state index contributed by atoms with van der Waals surface area (Å²) >= 11 is 1.81. The maximum absolute atomic E-state index is 12.5. The molecule has 3 nitrogen and oxygen atoms in total. The van der Waals surface area contributed by atoms with Gasteiger partial charge in [0.15, 0.2) is 0 Å². The number of carbonyl (C=O) groups excluding carboxylic acids is 1. The van der Waals surface area contributed by atoms with Gasteiger partial charge >= 0.3 is 0 Å². The Balaban J connectivity index is 0.00000208. The minimum Gasteiger partial charge on any atom is -0.355 e. The van der Waals surface area contributed by atoms with E-state index in [-0.39, 0.29) is 24.2 Å². The quantitative estimate of drug-likeness (QED) is 0.776. The van der Waals surface area contributed by atoms with Gasteiger partial charge in [-0.2, -0.15) is 0 Å². The number of benzene rings is 1. The maximum Gasteiger partial charge on any atom is 0.223 e. The van der Waals surface area contributed by atoms with Crippen molar-refractivity contribution in [3.8, 4) is 0 Å². The Labute approximate surface area is 155 Å². The number of nitrogens with one attached hydrogen (secondary N) is 1. The van der Waals surface area contributed by atoms with Gasteiger partial charge in [0.1, 0.15) is 0 Å². The topological polar surface area (TPSA) is 55.1 Å². The van der Waals surface area contributed by atoms with Crippen molar-refractivity contribution >= 4 is 30.1 Å². The van der Waals surface area contributed by atoms with Gasteiger partial charge in [-0.3, -0.25) is 4.79 Å². The molecular formula is C19H29ClN2OS. The van der Waals surface area contributed by atoms with Gasteiger partial charge in [-0.15, -0.1) is 24.2 Å². The predicted molar refractivity (Wildman–Crippen MR) is 104 cm³/mol. The highest BCUT2D eigenvalue weighted by atomic mass is 35.5. The fourth-order valence-electron chi connectivity index (χ4n) is 4.16. The lowest BCUT2D eigenvalue weighted by Gasteiger charge is -2.43. The summed E-state index contributed by atoms with van der Waals surface area (Å²) in [6.45, 7) is 2.90. The fourth-order valence-corrected chi connectivity index (χ4v) is 5.11. The highest BCUT2D eigenvalue weighted by molar-refractivity contribution is 8.00. The van der Waals surface area contributed by atoms with Crippen molar-refractivity contribution in [3.05, 3.63) is 30.3 Å². The number of fused-ring (bicyclic) bond motifs is 2. The molecule has 3 rings (SSSR count). The van der Waals surface area contributed by atoms with Crippen LogP contribution >= 0.6 is 24.2 Å². The van der Waals surface area contributed by atoms with Gasteiger partial charge in [0, 0.05) is 28.6 Å². The van der Waals surface area contributed by atoms with Crippen molar-refractivity contribution in [1.82, 2.24) is 5.32 Å². The van der Waals surface area contributed by atoms with Crippen molar-refractivity contribution in [2.75, 3.05) is 6.54 Å². The van der Waals surface area contributed by atoms with Crippen molar-refractivity contribution in [3.63, 3.8) is 0 Å². The lowest BCUT2D eigenvalue weighted by Crippen LogP contribution is -2.49. The second kappa shape index (κ2) is 9.12. The molecule has 2 aliphatic rings. The first-order chi connectivity index (χ1) is 11.1. The monoisotopic (exact) mass is 368 g/mol. The smallest absolute Gasteiger partial charge is 0.223 e. The van der Waals surface area contributed by atoms with Crippen LogP contribution < -0.4 is 11.1 Å². The van der Waals surface area contributed by atoms with Crippen LogP contribution in [0.15, 0.2) is 35.2 Å². The highest BCUT2D eigenvalue weighted by Crippen LogP contribution is 2.41. The molecule has 3 unspecified atom stereocenters. The van der Waals surface area contributed by atoms with E-state index in [2.05, 4.69) is 36.5 Å². The summed E-state index contributed by atoms with van der Waals surface area (Å²) < 4.78 is 0. The Morgan fingerprint density at radius 1 is 1.25 bits per heavy atom. The molecule has 0 aromatic heterocycles. The third-order valence-electron chi connectivity index (χ3n) is 5.43. The number of amides is 1. The number of halogens is 1. The average molecular weight is 369 g/mol. The largest absolute Gasteiger partial charge is 0.355 e. The molecule has 2 saturated carbocycles. The zero-order valence-corrected chi connectivity index (χ0v) is 16.0. The van der Waals surface area contributed by atoms with E-state index in [0.717, 1.165) is 19.4 Å². The molecule has 0 spiro atoms. The molecule has 2 bridgehead atoms. The van der Waals surface area contributed by atoms with Crippen LogP contribution in [0, 0.1) is 17.8 Å². The first-order valence-electron chi connectivity index (χ1n) is 8.88. The summed E-state index contributed by atoms with van der Waals surface area (Å²) in [5.74, 6) is 1.55. The van der Waals surface area contributed by atoms with Crippen molar-refractivity contribution in [1.29, 1.82) is 0 Å². The molecule has 0 radical (unpaired) electrons. The van der Waals surface area contributed by atoms with E-state index in [0.29, 0.717) is 23.1 Å². The molecule has 0 heterocycles. The minimum absolute atomic E-state index is 0. The molecule has 5 heteroatoms. The van der Waals surface area contributed by atoms with E-state index in [1.54, 1.807) is 0 Å². The Kier molecular flexibility index (Phi) is 7.45. The van der Waals surface area contributed by atoms with Crippen LogP contribution in [-0.4, -0.2) is 23.7 Å². The summed E-state index contributed by atoms with van der Waals surface area (Å²) in [7, 11) is 0. The van der Waals surface area contributed by atoms with E-state index < -0.39 is 0 Å². The summed E-state index contributed by atoms with van der Waals surface area (Å²) in [6, 6.07) is 10.7. The molecule has 1 aromatic carbocycles. The number of hydrogen-bond acceptors (Lipinski definition) is 3. The Morgan fingerprint density at radius 2 is 1.88 bits per heavy atom. The molecule has 2 aliphatic carbocycles. The first-order valence-corrected chi connectivity index (χ1v) is 9.76. The van der Waals surface area contributed by atoms with Gasteiger partial charge < -0.3 is 11.1 Å². The SMILES string of the molecule is CC(CNC(=O)C1CC2CCCC(C1)C2N)Sc1ccccc1.Cl. The van der Waals surface area contributed by atoms with Gasteiger partial charge in [0.05, 0.1) is 0 Å². The van der Waals surface area contributed by atoms with E-state index in [1.807, 2.05) is 17.8 Å². The third-order valence-corrected chi connectivity index (χ3v) is 6.54. The van der Waals surface area contributed by atoms with Gasteiger partial charge in [-0.1, -0.05) is 31.5 Å². The van der Waals surface area contributed by atoms with Gasteiger partial charge in [-0.05, 0) is 49.7 Å². The zero-order chi connectivity index (χ0) is 16.2. The predicted octanol–water partition coefficient (Wildman–Crippen LogP) is 3.86. The number of thioether (sulfide) groups is 1. The van der Waals surface area contributed by atoms with E-state index in [4.69, 9.17) is 5.73 Å². The number of carbonyl (C=O) groups is 1.